The second-order valence-corrected chi connectivity index (χ2v) is 2.52. The Balaban J connectivity index is 3.29. The highest BCUT2D eigenvalue weighted by molar-refractivity contribution is 6.17. The summed E-state index contributed by atoms with van der Waals surface area (Å²) in [5.41, 5.74) is 0.302. The lowest BCUT2D eigenvalue weighted by Crippen LogP contribution is -2.01. The maximum Gasteiger partial charge on any atom is 0.339 e. The first-order valence-electron chi connectivity index (χ1n) is 3.27. The zero-order valence-corrected chi connectivity index (χ0v) is 6.88. The van der Waals surface area contributed by atoms with Crippen LogP contribution in [0.3, 0.4) is 0 Å². The summed E-state index contributed by atoms with van der Waals surface area (Å²) in [6.45, 7) is 0. The van der Waals surface area contributed by atoms with Crippen molar-refractivity contribution in [2.75, 3.05) is 0 Å². The number of halogens is 1. The van der Waals surface area contributed by atoms with Crippen LogP contribution < -0.4 is 0 Å². The highest BCUT2D eigenvalue weighted by Crippen LogP contribution is 2.21. The largest absolute Gasteiger partial charge is 0.507 e. The number of carboxylic acid groups (broad SMARTS) is 1. The number of alkyl halides is 1. The quantitative estimate of drug-likeness (QED) is 0.693. The maximum absolute atomic E-state index is 10.6. The predicted octanol–water partition coefficient (Wildman–Crippen LogP) is 1.83. The van der Waals surface area contributed by atoms with E-state index in [1.807, 2.05) is 0 Å². The fourth-order valence-electron chi connectivity index (χ4n) is 0.945. The number of carbonyl (C=O) groups is 1. The number of rotatable bonds is 2. The Bertz CT molecular complexity index is 309. The molecular formula is C8H7ClO3. The van der Waals surface area contributed by atoms with Gasteiger partial charge in [0.25, 0.3) is 0 Å². The summed E-state index contributed by atoms with van der Waals surface area (Å²) in [6.07, 6.45) is 0. The van der Waals surface area contributed by atoms with Gasteiger partial charge >= 0.3 is 5.97 Å². The molecule has 0 bridgehead atoms. The fraction of sp³-hybridized carbons (Fsp3) is 0.125. The van der Waals surface area contributed by atoms with Gasteiger partial charge in [0, 0.05) is 5.88 Å². The second-order valence-electron chi connectivity index (χ2n) is 2.25. The summed E-state index contributed by atoms with van der Waals surface area (Å²) in [7, 11) is 0. The number of aromatic hydroxyl groups is 1. The van der Waals surface area contributed by atoms with Gasteiger partial charge < -0.3 is 10.2 Å². The Labute approximate surface area is 74.2 Å². The molecule has 0 unspecified atom stereocenters. The highest BCUT2D eigenvalue weighted by Gasteiger charge is 2.13. The summed E-state index contributed by atoms with van der Waals surface area (Å²) in [5, 5.41) is 17.8. The van der Waals surface area contributed by atoms with Crippen molar-refractivity contribution < 1.29 is 15.0 Å². The molecule has 3 nitrogen and oxygen atoms in total. The molecule has 0 aromatic heterocycles. The molecule has 0 spiro atoms. The predicted molar refractivity (Wildman–Crippen MR) is 44.6 cm³/mol. The van der Waals surface area contributed by atoms with E-state index in [0.717, 1.165) is 0 Å². The van der Waals surface area contributed by atoms with Gasteiger partial charge in [0.2, 0.25) is 0 Å². The molecule has 2 N–H and O–H groups in total. The Kier molecular flexibility index (Phi) is 2.55. The third-order valence-electron chi connectivity index (χ3n) is 1.49. The van der Waals surface area contributed by atoms with E-state index >= 15 is 0 Å². The molecule has 4 heteroatoms. The molecule has 0 aliphatic rings. The third-order valence-corrected chi connectivity index (χ3v) is 1.77. The molecule has 0 saturated carbocycles. The van der Waals surface area contributed by atoms with Crippen molar-refractivity contribution in [2.24, 2.45) is 0 Å². The monoisotopic (exact) mass is 186 g/mol. The molecule has 0 saturated heterocycles. The average molecular weight is 187 g/mol. The van der Waals surface area contributed by atoms with Crippen LogP contribution in [0.15, 0.2) is 18.2 Å². The number of hydrogen-bond donors (Lipinski definition) is 2. The minimum atomic E-state index is -1.16. The van der Waals surface area contributed by atoms with Gasteiger partial charge in [0.15, 0.2) is 0 Å². The van der Waals surface area contributed by atoms with Crippen LogP contribution in [0.1, 0.15) is 15.9 Å². The molecule has 0 radical (unpaired) electrons. The van der Waals surface area contributed by atoms with E-state index < -0.39 is 5.97 Å². The number of carboxylic acids is 1. The molecule has 12 heavy (non-hydrogen) atoms. The van der Waals surface area contributed by atoms with Gasteiger partial charge in [0.05, 0.1) is 0 Å². The Morgan fingerprint density at radius 1 is 1.50 bits per heavy atom. The van der Waals surface area contributed by atoms with Gasteiger partial charge in [-0.2, -0.15) is 0 Å². The molecule has 0 aliphatic heterocycles. The first kappa shape index (κ1) is 8.87. The number of benzene rings is 1. The molecule has 1 aromatic carbocycles. The molecule has 0 aliphatic carbocycles. The van der Waals surface area contributed by atoms with Crippen molar-refractivity contribution in [1.82, 2.24) is 0 Å². The van der Waals surface area contributed by atoms with Crippen LogP contribution >= 0.6 is 11.6 Å². The molecular weight excluding hydrogens is 180 g/mol. The summed E-state index contributed by atoms with van der Waals surface area (Å²) in [6, 6.07) is 4.44. The van der Waals surface area contributed by atoms with Crippen LogP contribution in [0.5, 0.6) is 5.75 Å². The minimum Gasteiger partial charge on any atom is -0.507 e. The lowest BCUT2D eigenvalue weighted by molar-refractivity contribution is 0.0693. The second kappa shape index (κ2) is 3.45. The van der Waals surface area contributed by atoms with Crippen molar-refractivity contribution in [3.8, 4) is 5.75 Å². The first-order chi connectivity index (χ1) is 5.66. The normalized spacial score (nSPS) is 9.75. The summed E-state index contributed by atoms with van der Waals surface area (Å²) < 4.78 is 0. The highest BCUT2D eigenvalue weighted by atomic mass is 35.5. The van der Waals surface area contributed by atoms with Gasteiger partial charge in [0.1, 0.15) is 11.3 Å². The van der Waals surface area contributed by atoms with Crippen molar-refractivity contribution in [3.63, 3.8) is 0 Å². The van der Waals surface area contributed by atoms with E-state index in [-0.39, 0.29) is 17.2 Å². The standard InChI is InChI=1S/C8H7ClO3/c9-4-5-2-1-3-6(10)7(5)8(11)12/h1-3,10H,4H2,(H,11,12). The van der Waals surface area contributed by atoms with E-state index in [0.29, 0.717) is 5.56 Å². The summed E-state index contributed by atoms with van der Waals surface area (Å²) in [4.78, 5) is 10.6. The third kappa shape index (κ3) is 1.51. The van der Waals surface area contributed by atoms with Crippen LogP contribution in [0, 0.1) is 0 Å². The lowest BCUT2D eigenvalue weighted by Gasteiger charge is -2.03. The minimum absolute atomic E-state index is 0.0794. The average Bonchev–Trinajstić information content (AvgIpc) is 2.03. The van der Waals surface area contributed by atoms with Gasteiger partial charge in [-0.1, -0.05) is 12.1 Å². The molecule has 1 rings (SSSR count). The molecule has 0 atom stereocenters. The van der Waals surface area contributed by atoms with Crippen molar-refractivity contribution in [2.45, 2.75) is 5.88 Å². The molecule has 0 amide bonds. The van der Waals surface area contributed by atoms with Gasteiger partial charge in [-0.3, -0.25) is 0 Å². The molecule has 1 aromatic rings. The topological polar surface area (TPSA) is 57.5 Å². The van der Waals surface area contributed by atoms with Crippen LogP contribution in [0.2, 0.25) is 0 Å². The van der Waals surface area contributed by atoms with Crippen molar-refractivity contribution in [3.05, 3.63) is 29.3 Å². The van der Waals surface area contributed by atoms with Crippen LogP contribution in [-0.4, -0.2) is 16.2 Å². The van der Waals surface area contributed by atoms with Gasteiger partial charge in [-0.25, -0.2) is 4.79 Å². The SMILES string of the molecule is O=C(O)c1c(O)cccc1CCl. The number of hydrogen-bond acceptors (Lipinski definition) is 2. The van der Waals surface area contributed by atoms with Gasteiger partial charge in [-0.15, -0.1) is 11.6 Å². The molecule has 0 heterocycles. The maximum atomic E-state index is 10.6. The number of phenols is 1. The number of aromatic carboxylic acids is 1. The van der Waals surface area contributed by atoms with Crippen molar-refractivity contribution >= 4 is 17.6 Å². The Morgan fingerprint density at radius 3 is 2.58 bits per heavy atom. The molecule has 64 valence electrons. The van der Waals surface area contributed by atoms with E-state index in [1.54, 1.807) is 12.1 Å². The zero-order chi connectivity index (χ0) is 9.14. The first-order valence-corrected chi connectivity index (χ1v) is 3.80. The fourth-order valence-corrected chi connectivity index (χ4v) is 1.17. The van der Waals surface area contributed by atoms with E-state index in [9.17, 15) is 4.79 Å². The van der Waals surface area contributed by atoms with Crippen LogP contribution in [-0.2, 0) is 5.88 Å². The lowest BCUT2D eigenvalue weighted by atomic mass is 10.1. The van der Waals surface area contributed by atoms with E-state index in [2.05, 4.69) is 0 Å². The zero-order valence-electron chi connectivity index (χ0n) is 6.12. The van der Waals surface area contributed by atoms with Crippen LogP contribution in [0.25, 0.3) is 0 Å². The molecule has 0 fully saturated rings. The van der Waals surface area contributed by atoms with Crippen LogP contribution in [0.4, 0.5) is 0 Å². The summed E-state index contributed by atoms with van der Waals surface area (Å²) >= 11 is 5.47. The van der Waals surface area contributed by atoms with E-state index in [4.69, 9.17) is 21.8 Å². The summed E-state index contributed by atoms with van der Waals surface area (Å²) in [5.74, 6) is -1.33. The van der Waals surface area contributed by atoms with E-state index in [1.165, 1.54) is 6.07 Å². The Hall–Kier alpha value is -1.22. The van der Waals surface area contributed by atoms with Crippen molar-refractivity contribution in [1.29, 1.82) is 0 Å². The Morgan fingerprint density at radius 2 is 2.17 bits per heavy atom. The smallest absolute Gasteiger partial charge is 0.339 e. The van der Waals surface area contributed by atoms with Gasteiger partial charge in [-0.05, 0) is 11.6 Å².